The van der Waals surface area contributed by atoms with Gasteiger partial charge in [-0.05, 0) is 37.2 Å². The summed E-state index contributed by atoms with van der Waals surface area (Å²) in [6.07, 6.45) is 4.08. The summed E-state index contributed by atoms with van der Waals surface area (Å²) in [4.78, 5) is 13.4. The van der Waals surface area contributed by atoms with Crippen LogP contribution in [0.3, 0.4) is 0 Å². The predicted octanol–water partition coefficient (Wildman–Crippen LogP) is 4.41. The fourth-order valence-electron chi connectivity index (χ4n) is 3.30. The average molecular weight is 597 g/mol. The van der Waals surface area contributed by atoms with E-state index in [2.05, 4.69) is 34.6 Å². The number of benzene rings is 1. The monoisotopic (exact) mass is 596 g/mol. The lowest BCUT2D eigenvalue weighted by Gasteiger charge is -2.25. The maximum atomic E-state index is 14.1. The van der Waals surface area contributed by atoms with Crippen molar-refractivity contribution < 1.29 is 26.3 Å². The minimum Gasteiger partial charge on any atom is -0.478 e. The number of rotatable bonds is 12. The van der Waals surface area contributed by atoms with Crippen molar-refractivity contribution in [3.8, 4) is 17.1 Å². The zero-order valence-corrected chi connectivity index (χ0v) is 25.7. The lowest BCUT2D eigenvalue weighted by Crippen LogP contribution is -2.35. The van der Waals surface area contributed by atoms with E-state index in [9.17, 15) is 16.8 Å². The van der Waals surface area contributed by atoms with Crippen LogP contribution in [0.25, 0.3) is 11.3 Å². The summed E-state index contributed by atoms with van der Waals surface area (Å²) in [5.41, 5.74) is 1.27. The molecule has 10 nitrogen and oxygen atoms in total. The maximum absolute atomic E-state index is 14.1. The zero-order chi connectivity index (χ0) is 28.1. The summed E-state index contributed by atoms with van der Waals surface area (Å²) in [7, 11) is -6.85. The molecule has 14 heteroatoms. The number of hydrogen-bond acceptors (Lipinski definition) is 10. The van der Waals surface area contributed by atoms with E-state index in [0.717, 1.165) is 27.4 Å². The summed E-state index contributed by atoms with van der Waals surface area (Å²) in [6.45, 7) is 8.46. The average Bonchev–Trinajstić information content (AvgIpc) is 2.83. The molecule has 0 bridgehead atoms. The number of anilines is 1. The first kappa shape index (κ1) is 30.0. The van der Waals surface area contributed by atoms with Crippen LogP contribution in [0.5, 0.6) is 5.88 Å². The van der Waals surface area contributed by atoms with E-state index in [1.54, 1.807) is 31.2 Å². The van der Waals surface area contributed by atoms with Gasteiger partial charge in [-0.15, -0.1) is 0 Å². The lowest BCUT2D eigenvalue weighted by molar-refractivity contribution is 0.155. The number of ether oxygens (including phenoxy) is 2. The molecule has 3 rings (SSSR count). The van der Waals surface area contributed by atoms with E-state index in [0.29, 0.717) is 22.8 Å². The van der Waals surface area contributed by atoms with Gasteiger partial charge in [0.15, 0.2) is 0 Å². The standard InChI is InChI=1S/C24H32N4O6S3Si/c1-18-16-26-23(24(27-18)33-2)28(17-34-14-15-38(4,5)6)37(31,32)21-8-7-13-25-22(21)19-9-11-20(12-10-19)35-36(3,29)30/h7-13,16H,14-15,17H2,1-6H3. The van der Waals surface area contributed by atoms with Crippen LogP contribution in [0.15, 0.2) is 58.6 Å². The number of aromatic nitrogens is 3. The first-order valence-electron chi connectivity index (χ1n) is 11.6. The molecule has 38 heavy (non-hydrogen) atoms. The van der Waals surface area contributed by atoms with Crippen molar-refractivity contribution in [2.24, 2.45) is 0 Å². The second-order valence-electron chi connectivity index (χ2n) is 9.71. The molecule has 0 radical (unpaired) electrons. The van der Waals surface area contributed by atoms with Crippen molar-refractivity contribution in [1.82, 2.24) is 15.0 Å². The lowest BCUT2D eigenvalue weighted by atomic mass is 10.1. The molecule has 0 saturated heterocycles. The normalized spacial score (nSPS) is 12.4. The SMILES string of the molecule is COc1nc(C)cnc1N(COCC[Si](C)(C)C)S(=O)(=O)c1cccnc1-c1ccc(SS(C)(=O)=O)cc1. The molecule has 2 heterocycles. The van der Waals surface area contributed by atoms with Crippen molar-refractivity contribution in [1.29, 1.82) is 0 Å². The molecule has 0 atom stereocenters. The van der Waals surface area contributed by atoms with Crippen LogP contribution in [0, 0.1) is 6.92 Å². The molecule has 0 aliphatic rings. The highest BCUT2D eigenvalue weighted by molar-refractivity contribution is 8.71. The molecule has 0 amide bonds. The Morgan fingerprint density at radius 2 is 1.71 bits per heavy atom. The van der Waals surface area contributed by atoms with Crippen LogP contribution in [-0.4, -0.2) is 66.6 Å². The van der Waals surface area contributed by atoms with E-state index in [-0.39, 0.29) is 29.0 Å². The van der Waals surface area contributed by atoms with E-state index in [1.807, 2.05) is 0 Å². The Bertz CT molecular complexity index is 1480. The third kappa shape index (κ3) is 7.99. The molecule has 0 saturated carbocycles. The molecule has 0 aliphatic heterocycles. The summed E-state index contributed by atoms with van der Waals surface area (Å²) < 4.78 is 63.8. The first-order valence-corrected chi connectivity index (χ1v) is 20.0. The van der Waals surface area contributed by atoms with Gasteiger partial charge in [-0.1, -0.05) is 31.8 Å². The first-order chi connectivity index (χ1) is 17.7. The van der Waals surface area contributed by atoms with E-state index >= 15 is 0 Å². The topological polar surface area (TPSA) is 129 Å². The van der Waals surface area contributed by atoms with Gasteiger partial charge in [0.1, 0.15) is 11.6 Å². The molecule has 0 unspecified atom stereocenters. The molecule has 2 aromatic heterocycles. The van der Waals surface area contributed by atoms with Crippen molar-refractivity contribution in [2.45, 2.75) is 42.4 Å². The Morgan fingerprint density at radius 1 is 1.03 bits per heavy atom. The van der Waals surface area contributed by atoms with Gasteiger partial charge in [0, 0.05) is 48.4 Å². The molecule has 3 aromatic rings. The predicted molar refractivity (Wildman–Crippen MR) is 152 cm³/mol. The number of methoxy groups -OCH3 is 1. The number of nitrogens with zero attached hydrogens (tertiary/aromatic N) is 4. The third-order valence-corrected chi connectivity index (χ3v) is 10.9. The molecule has 0 fully saturated rings. The zero-order valence-electron chi connectivity index (χ0n) is 22.2. The molecule has 0 aliphatic carbocycles. The number of pyridine rings is 1. The Hall–Kier alpha value is -2.52. The Labute approximate surface area is 229 Å². The fraction of sp³-hybridized carbons (Fsp3) is 0.375. The van der Waals surface area contributed by atoms with Gasteiger partial charge in [-0.2, -0.15) is 0 Å². The quantitative estimate of drug-likeness (QED) is 0.128. The van der Waals surface area contributed by atoms with Gasteiger partial charge in [-0.3, -0.25) is 4.98 Å². The van der Waals surface area contributed by atoms with Gasteiger partial charge in [0.2, 0.25) is 14.7 Å². The van der Waals surface area contributed by atoms with Crippen LogP contribution in [0.4, 0.5) is 5.82 Å². The van der Waals surface area contributed by atoms with Crippen LogP contribution in [0.1, 0.15) is 5.69 Å². The van der Waals surface area contributed by atoms with Crippen LogP contribution >= 0.6 is 10.8 Å². The van der Waals surface area contributed by atoms with Gasteiger partial charge >= 0.3 is 0 Å². The summed E-state index contributed by atoms with van der Waals surface area (Å²) >= 11 is 0. The van der Waals surface area contributed by atoms with E-state index < -0.39 is 27.0 Å². The van der Waals surface area contributed by atoms with E-state index in [1.165, 1.54) is 31.6 Å². The summed E-state index contributed by atoms with van der Waals surface area (Å²) in [5, 5.41) is 0. The molecule has 0 spiro atoms. The minimum atomic E-state index is -4.26. The van der Waals surface area contributed by atoms with Crippen LogP contribution in [0.2, 0.25) is 25.7 Å². The summed E-state index contributed by atoms with van der Waals surface area (Å²) in [5.74, 6) is 0.0516. The number of sulfonamides is 1. The van der Waals surface area contributed by atoms with E-state index in [4.69, 9.17) is 9.47 Å². The molecule has 206 valence electrons. The summed E-state index contributed by atoms with van der Waals surface area (Å²) in [6, 6.07) is 10.3. The Balaban J connectivity index is 2.06. The van der Waals surface area contributed by atoms with Crippen LogP contribution in [-0.2, 0) is 23.6 Å². The molecular weight excluding hydrogens is 565 g/mol. The Morgan fingerprint density at radius 3 is 2.32 bits per heavy atom. The second kappa shape index (κ2) is 12.1. The number of aryl methyl sites for hydroxylation is 1. The highest BCUT2D eigenvalue weighted by Crippen LogP contribution is 2.34. The number of hydrogen-bond donors (Lipinski definition) is 0. The Kier molecular flexibility index (Phi) is 9.57. The van der Waals surface area contributed by atoms with Gasteiger partial charge in [0.25, 0.3) is 15.9 Å². The highest BCUT2D eigenvalue weighted by Gasteiger charge is 2.32. The largest absolute Gasteiger partial charge is 0.478 e. The molecule has 1 aromatic carbocycles. The van der Waals surface area contributed by atoms with Gasteiger partial charge < -0.3 is 9.47 Å². The smallest absolute Gasteiger partial charge is 0.269 e. The highest BCUT2D eigenvalue weighted by atomic mass is 33.1. The van der Waals surface area contributed by atoms with Crippen molar-refractivity contribution in [2.75, 3.05) is 31.0 Å². The molecule has 0 N–H and O–H groups in total. The maximum Gasteiger partial charge on any atom is 0.269 e. The van der Waals surface area contributed by atoms with Gasteiger partial charge in [0.05, 0.1) is 24.7 Å². The van der Waals surface area contributed by atoms with Gasteiger partial charge in [-0.25, -0.2) is 31.1 Å². The van der Waals surface area contributed by atoms with Crippen molar-refractivity contribution >= 4 is 43.6 Å². The fourth-order valence-corrected chi connectivity index (χ4v) is 7.51. The second-order valence-corrected chi connectivity index (χ2v) is 21.5. The van der Waals surface area contributed by atoms with Crippen molar-refractivity contribution in [3.63, 3.8) is 0 Å². The van der Waals surface area contributed by atoms with Crippen molar-refractivity contribution in [3.05, 3.63) is 54.5 Å². The molecular formula is C24H32N4O6S3Si. The third-order valence-electron chi connectivity index (χ3n) is 5.19. The van der Waals surface area contributed by atoms with Crippen LogP contribution < -0.4 is 9.04 Å². The minimum absolute atomic E-state index is 0.000747.